The normalized spacial score (nSPS) is 16.7. The fourth-order valence-electron chi connectivity index (χ4n) is 1.47. The summed E-state index contributed by atoms with van der Waals surface area (Å²) in [4.78, 5) is 4.14. The summed E-state index contributed by atoms with van der Waals surface area (Å²) in [7, 11) is 0. The van der Waals surface area contributed by atoms with Gasteiger partial charge in [-0.05, 0) is 31.4 Å². The first kappa shape index (κ1) is 8.51. The third-order valence-electron chi connectivity index (χ3n) is 2.50. The first-order valence-corrected chi connectivity index (χ1v) is 4.80. The van der Waals surface area contributed by atoms with Gasteiger partial charge in [-0.1, -0.05) is 0 Å². The van der Waals surface area contributed by atoms with E-state index >= 15 is 0 Å². The summed E-state index contributed by atoms with van der Waals surface area (Å²) in [5, 5.41) is 3.46. The van der Waals surface area contributed by atoms with Gasteiger partial charge in [0.15, 0.2) is 0 Å². The maximum Gasteiger partial charge on any atom is 0.0559 e. The van der Waals surface area contributed by atoms with Crippen molar-refractivity contribution in [2.24, 2.45) is 5.73 Å². The number of nitrogens with two attached hydrogens (primary N) is 1. The molecule has 0 unspecified atom stereocenters. The monoisotopic (exact) mass is 177 g/mol. The third-order valence-corrected chi connectivity index (χ3v) is 2.50. The molecule has 3 N–H and O–H groups in total. The first-order chi connectivity index (χ1) is 6.38. The smallest absolute Gasteiger partial charge is 0.0559 e. The maximum absolute atomic E-state index is 5.51. The largest absolute Gasteiger partial charge is 0.382 e. The lowest BCUT2D eigenvalue weighted by Crippen LogP contribution is -2.27. The molecule has 2 rings (SSSR count). The predicted molar refractivity (Wildman–Crippen MR) is 53.4 cm³/mol. The zero-order chi connectivity index (χ0) is 9.10. The van der Waals surface area contributed by atoms with Crippen LogP contribution in [0.15, 0.2) is 18.3 Å². The topological polar surface area (TPSA) is 50.9 Å². The van der Waals surface area contributed by atoms with Gasteiger partial charge in [0, 0.05) is 24.5 Å². The van der Waals surface area contributed by atoms with E-state index in [0.717, 1.165) is 11.4 Å². The van der Waals surface area contributed by atoms with Crippen molar-refractivity contribution in [1.29, 1.82) is 0 Å². The lowest BCUT2D eigenvalue weighted by molar-refractivity contribution is 0.445. The van der Waals surface area contributed by atoms with E-state index in [1.807, 2.05) is 18.3 Å². The molecule has 0 aliphatic heterocycles. The number of hydrogen-bond donors (Lipinski definition) is 2. The van der Waals surface area contributed by atoms with Gasteiger partial charge in [0.05, 0.1) is 5.69 Å². The van der Waals surface area contributed by atoms with Gasteiger partial charge >= 0.3 is 0 Å². The van der Waals surface area contributed by atoms with Crippen molar-refractivity contribution in [3.8, 4) is 0 Å². The van der Waals surface area contributed by atoms with E-state index < -0.39 is 0 Å². The maximum atomic E-state index is 5.51. The van der Waals surface area contributed by atoms with Gasteiger partial charge in [-0.2, -0.15) is 0 Å². The number of rotatable bonds is 3. The Bertz CT molecular complexity index is 281. The van der Waals surface area contributed by atoms with Gasteiger partial charge in [0.2, 0.25) is 0 Å². The van der Waals surface area contributed by atoms with Crippen LogP contribution in [0.3, 0.4) is 0 Å². The summed E-state index contributed by atoms with van der Waals surface area (Å²) in [5.41, 5.74) is 7.61. The fourth-order valence-corrected chi connectivity index (χ4v) is 1.47. The molecule has 70 valence electrons. The molecule has 1 aliphatic carbocycles. The van der Waals surface area contributed by atoms with Gasteiger partial charge in [-0.15, -0.1) is 0 Å². The first-order valence-electron chi connectivity index (χ1n) is 4.80. The van der Waals surface area contributed by atoms with E-state index in [0.29, 0.717) is 12.6 Å². The highest BCUT2D eigenvalue weighted by molar-refractivity contribution is 5.44. The van der Waals surface area contributed by atoms with Crippen LogP contribution >= 0.6 is 0 Å². The van der Waals surface area contributed by atoms with Crippen molar-refractivity contribution < 1.29 is 0 Å². The van der Waals surface area contributed by atoms with Crippen molar-refractivity contribution in [3.63, 3.8) is 0 Å². The average Bonchev–Trinajstić information content (AvgIpc) is 2.12. The van der Waals surface area contributed by atoms with E-state index in [1.54, 1.807) is 0 Å². The lowest BCUT2D eigenvalue weighted by Gasteiger charge is -2.27. The van der Waals surface area contributed by atoms with Crippen LogP contribution in [0.25, 0.3) is 0 Å². The minimum Gasteiger partial charge on any atom is -0.382 e. The van der Waals surface area contributed by atoms with Crippen molar-refractivity contribution in [1.82, 2.24) is 4.98 Å². The zero-order valence-electron chi connectivity index (χ0n) is 7.66. The minimum absolute atomic E-state index is 0.514. The minimum atomic E-state index is 0.514. The van der Waals surface area contributed by atoms with Crippen LogP contribution in [0.2, 0.25) is 0 Å². The van der Waals surface area contributed by atoms with Crippen LogP contribution < -0.4 is 11.1 Å². The summed E-state index contributed by atoms with van der Waals surface area (Å²) in [6, 6.07) is 4.70. The molecule has 13 heavy (non-hydrogen) atoms. The quantitative estimate of drug-likeness (QED) is 0.735. The van der Waals surface area contributed by atoms with Gasteiger partial charge in [-0.25, -0.2) is 0 Å². The molecule has 0 amide bonds. The summed E-state index contributed by atoms with van der Waals surface area (Å²) < 4.78 is 0. The van der Waals surface area contributed by atoms with Crippen LogP contribution in [-0.2, 0) is 6.54 Å². The molecule has 1 aromatic heterocycles. The fraction of sp³-hybridized carbons (Fsp3) is 0.500. The molecule has 0 spiro atoms. The highest BCUT2D eigenvalue weighted by atomic mass is 14.9. The Morgan fingerprint density at radius 3 is 3.00 bits per heavy atom. The number of anilines is 1. The number of nitrogens with zero attached hydrogens (tertiary/aromatic N) is 1. The SMILES string of the molecule is NCc1cc(NC2CCC2)ccn1. The summed E-state index contributed by atoms with van der Waals surface area (Å²) in [6.45, 7) is 0.514. The highest BCUT2D eigenvalue weighted by Gasteiger charge is 2.16. The Kier molecular flexibility index (Phi) is 2.45. The molecule has 0 saturated heterocycles. The van der Waals surface area contributed by atoms with Gasteiger partial charge in [0.25, 0.3) is 0 Å². The molecule has 1 saturated carbocycles. The van der Waals surface area contributed by atoms with E-state index in [9.17, 15) is 0 Å². The van der Waals surface area contributed by atoms with Crippen LogP contribution in [0, 0.1) is 0 Å². The number of aromatic nitrogens is 1. The van der Waals surface area contributed by atoms with E-state index in [1.165, 1.54) is 19.3 Å². The molecular weight excluding hydrogens is 162 g/mol. The van der Waals surface area contributed by atoms with Crippen molar-refractivity contribution in [2.45, 2.75) is 31.8 Å². The average molecular weight is 177 g/mol. The molecule has 1 heterocycles. The van der Waals surface area contributed by atoms with Gasteiger partial charge in [-0.3, -0.25) is 4.98 Å². The van der Waals surface area contributed by atoms with E-state index in [-0.39, 0.29) is 0 Å². The molecule has 1 aliphatic rings. The molecule has 3 nitrogen and oxygen atoms in total. The predicted octanol–water partition coefficient (Wildman–Crippen LogP) is 1.50. The second-order valence-corrected chi connectivity index (χ2v) is 3.51. The van der Waals surface area contributed by atoms with Gasteiger partial charge in [0.1, 0.15) is 0 Å². The summed E-state index contributed by atoms with van der Waals surface area (Å²) in [5.74, 6) is 0. The molecule has 0 radical (unpaired) electrons. The highest BCUT2D eigenvalue weighted by Crippen LogP contribution is 2.22. The number of nitrogens with one attached hydrogen (secondary N) is 1. The number of pyridine rings is 1. The van der Waals surface area contributed by atoms with Crippen molar-refractivity contribution >= 4 is 5.69 Å². The second-order valence-electron chi connectivity index (χ2n) is 3.51. The lowest BCUT2D eigenvalue weighted by atomic mass is 9.93. The van der Waals surface area contributed by atoms with E-state index in [4.69, 9.17) is 5.73 Å². The standard InChI is InChI=1S/C10H15N3/c11-7-10-6-9(4-5-12-10)13-8-2-1-3-8/h4-6,8H,1-3,7,11H2,(H,12,13). The van der Waals surface area contributed by atoms with Crippen molar-refractivity contribution in [3.05, 3.63) is 24.0 Å². The Morgan fingerprint density at radius 2 is 2.38 bits per heavy atom. The van der Waals surface area contributed by atoms with Gasteiger partial charge < -0.3 is 11.1 Å². The Labute approximate surface area is 78.4 Å². The Hall–Kier alpha value is -1.09. The molecule has 0 aromatic carbocycles. The molecule has 3 heteroatoms. The van der Waals surface area contributed by atoms with Crippen molar-refractivity contribution in [2.75, 3.05) is 5.32 Å². The zero-order valence-corrected chi connectivity index (χ0v) is 7.66. The van der Waals surface area contributed by atoms with Crippen LogP contribution in [0.4, 0.5) is 5.69 Å². The van der Waals surface area contributed by atoms with Crippen LogP contribution in [0.1, 0.15) is 25.0 Å². The molecule has 0 bridgehead atoms. The van der Waals surface area contributed by atoms with Crippen LogP contribution in [0.5, 0.6) is 0 Å². The molecule has 1 fully saturated rings. The summed E-state index contributed by atoms with van der Waals surface area (Å²) >= 11 is 0. The third kappa shape index (κ3) is 1.98. The summed E-state index contributed by atoms with van der Waals surface area (Å²) in [6.07, 6.45) is 5.75. The van der Waals surface area contributed by atoms with E-state index in [2.05, 4.69) is 10.3 Å². The number of hydrogen-bond acceptors (Lipinski definition) is 3. The molecular formula is C10H15N3. The second kappa shape index (κ2) is 3.75. The molecule has 0 atom stereocenters. The Balaban J connectivity index is 2.01. The molecule has 1 aromatic rings. The Morgan fingerprint density at radius 1 is 1.54 bits per heavy atom. The van der Waals surface area contributed by atoms with Crippen LogP contribution in [-0.4, -0.2) is 11.0 Å².